The van der Waals surface area contributed by atoms with E-state index in [-0.39, 0.29) is 10.8 Å². The minimum absolute atomic E-state index is 0.0569. The minimum Gasteiger partial charge on any atom is -0.310 e. The van der Waals surface area contributed by atoms with Crippen LogP contribution in [0.25, 0.3) is 31.3 Å². The molecular weight excluding hydrogens is 478 g/mol. The third-order valence-corrected chi connectivity index (χ3v) is 10.2. The van der Waals surface area contributed by atoms with Gasteiger partial charge in [0, 0.05) is 42.6 Å². The van der Waals surface area contributed by atoms with Crippen molar-refractivity contribution < 1.29 is 0 Å². The van der Waals surface area contributed by atoms with E-state index in [1.165, 1.54) is 59.5 Å². The van der Waals surface area contributed by atoms with Gasteiger partial charge in [0.05, 0.1) is 0 Å². The predicted octanol–water partition coefficient (Wildman–Crippen LogP) is 10.8. The van der Waals surface area contributed by atoms with Gasteiger partial charge in [0.15, 0.2) is 0 Å². The third-order valence-electron chi connectivity index (χ3n) is 8.99. The molecule has 186 valence electrons. The molecule has 6 aromatic rings. The molecule has 0 unspecified atom stereocenters. The normalized spacial score (nSPS) is 15.3. The number of hydrogen-bond acceptors (Lipinski definition) is 2. The van der Waals surface area contributed by atoms with Crippen LogP contribution in [0.1, 0.15) is 38.8 Å². The maximum atomic E-state index is 2.44. The quantitative estimate of drug-likeness (QED) is 0.229. The van der Waals surface area contributed by atoms with Crippen LogP contribution in [0.15, 0.2) is 115 Å². The highest BCUT2D eigenvalue weighted by atomic mass is 32.1. The number of hydrogen-bond donors (Lipinski definition) is 0. The van der Waals surface area contributed by atoms with E-state index < -0.39 is 0 Å². The fourth-order valence-corrected chi connectivity index (χ4v) is 7.72. The zero-order valence-corrected chi connectivity index (χ0v) is 23.1. The molecule has 1 nitrogen and oxygen atoms in total. The van der Waals surface area contributed by atoms with Crippen molar-refractivity contribution in [2.75, 3.05) is 4.90 Å². The molecule has 0 fully saturated rings. The molecule has 0 atom stereocenters. The van der Waals surface area contributed by atoms with E-state index in [0.29, 0.717) is 0 Å². The van der Waals surface area contributed by atoms with Gasteiger partial charge in [-0.15, -0.1) is 11.3 Å². The average molecular weight is 510 g/mol. The predicted molar refractivity (Wildman–Crippen MR) is 166 cm³/mol. The summed E-state index contributed by atoms with van der Waals surface area (Å²) in [7, 11) is 0. The van der Waals surface area contributed by atoms with E-state index in [4.69, 9.17) is 0 Å². The first kappa shape index (κ1) is 23.3. The van der Waals surface area contributed by atoms with Crippen LogP contribution >= 0.6 is 11.3 Å². The van der Waals surface area contributed by atoms with Crippen molar-refractivity contribution in [2.45, 2.75) is 38.5 Å². The second-order valence-corrected chi connectivity index (χ2v) is 12.5. The van der Waals surface area contributed by atoms with Gasteiger partial charge >= 0.3 is 0 Å². The summed E-state index contributed by atoms with van der Waals surface area (Å²) < 4.78 is 2.80. The SMILES string of the molecule is CC1(C)c2cc(N(c3ccccc3)c3ccccc3)ccc2-c2ccc3c(sc4ccccc43)c2C1(C)C. The van der Waals surface area contributed by atoms with Crippen LogP contribution < -0.4 is 4.90 Å². The van der Waals surface area contributed by atoms with Gasteiger partial charge in [0.1, 0.15) is 0 Å². The van der Waals surface area contributed by atoms with Crippen molar-refractivity contribution >= 4 is 48.6 Å². The Labute approximate surface area is 229 Å². The minimum atomic E-state index is -0.0746. The highest BCUT2D eigenvalue weighted by Gasteiger charge is 2.47. The first-order valence-electron chi connectivity index (χ1n) is 13.4. The first-order chi connectivity index (χ1) is 18.4. The largest absolute Gasteiger partial charge is 0.310 e. The Bertz CT molecular complexity index is 1770. The summed E-state index contributed by atoms with van der Waals surface area (Å²) in [5.41, 5.74) is 9.02. The zero-order chi connectivity index (χ0) is 26.1. The lowest BCUT2D eigenvalue weighted by molar-refractivity contribution is 0.301. The molecule has 0 spiro atoms. The summed E-state index contributed by atoms with van der Waals surface area (Å²) in [4.78, 5) is 2.37. The smallest absolute Gasteiger partial charge is 0.0464 e. The van der Waals surface area contributed by atoms with Crippen LogP contribution in [0.4, 0.5) is 17.1 Å². The van der Waals surface area contributed by atoms with Crippen LogP contribution in [-0.4, -0.2) is 0 Å². The van der Waals surface area contributed by atoms with Crippen molar-refractivity contribution in [1.82, 2.24) is 0 Å². The number of thiophene rings is 1. The second-order valence-electron chi connectivity index (χ2n) is 11.4. The molecule has 0 saturated heterocycles. The molecule has 38 heavy (non-hydrogen) atoms. The molecule has 1 aliphatic rings. The van der Waals surface area contributed by atoms with E-state index in [1.54, 1.807) is 0 Å². The molecule has 1 heterocycles. The molecule has 7 rings (SSSR count). The maximum absolute atomic E-state index is 2.44. The van der Waals surface area contributed by atoms with E-state index in [9.17, 15) is 0 Å². The highest BCUT2D eigenvalue weighted by Crippen LogP contribution is 2.58. The topological polar surface area (TPSA) is 3.24 Å². The van der Waals surface area contributed by atoms with Gasteiger partial charge < -0.3 is 4.90 Å². The fourth-order valence-electron chi connectivity index (χ4n) is 6.31. The average Bonchev–Trinajstić information content (AvgIpc) is 3.32. The number of nitrogens with zero attached hydrogens (tertiary/aromatic N) is 1. The monoisotopic (exact) mass is 509 g/mol. The van der Waals surface area contributed by atoms with Gasteiger partial charge in [-0.3, -0.25) is 0 Å². The van der Waals surface area contributed by atoms with Gasteiger partial charge in [0.25, 0.3) is 0 Å². The standard InChI is InChI=1S/C36H31NS/c1-35(2)31-23-26(37(24-13-7-5-8-14-24)25-15-9-6-10-16-25)19-20-27(31)29-21-22-30-28-17-11-12-18-32(28)38-34(30)33(29)36(35,3)4/h5-23H,1-4H3. The number of benzene rings is 5. The lowest BCUT2D eigenvalue weighted by atomic mass is 9.55. The van der Waals surface area contributed by atoms with Crippen molar-refractivity contribution in [3.8, 4) is 11.1 Å². The molecule has 1 aromatic heterocycles. The van der Waals surface area contributed by atoms with Crippen molar-refractivity contribution in [3.05, 3.63) is 126 Å². The second kappa shape index (κ2) is 8.31. The van der Waals surface area contributed by atoms with Gasteiger partial charge in [-0.1, -0.05) is 100 Å². The summed E-state index contributed by atoms with van der Waals surface area (Å²) >= 11 is 1.95. The van der Waals surface area contributed by atoms with Crippen LogP contribution in [0.3, 0.4) is 0 Å². The Kier molecular flexibility index (Phi) is 5.09. The zero-order valence-electron chi connectivity index (χ0n) is 22.3. The molecular formula is C36H31NS. The van der Waals surface area contributed by atoms with E-state index in [2.05, 4.69) is 148 Å². The number of para-hydroxylation sites is 2. The molecule has 5 aromatic carbocycles. The summed E-state index contributed by atoms with van der Waals surface area (Å²) in [5.74, 6) is 0. The Morgan fingerprint density at radius 1 is 0.526 bits per heavy atom. The maximum Gasteiger partial charge on any atom is 0.0464 e. The molecule has 0 saturated carbocycles. The van der Waals surface area contributed by atoms with Gasteiger partial charge in [-0.2, -0.15) is 0 Å². The van der Waals surface area contributed by atoms with Crippen LogP contribution in [0, 0.1) is 0 Å². The number of anilines is 3. The summed E-state index contributed by atoms with van der Waals surface area (Å²) in [6.45, 7) is 9.75. The summed E-state index contributed by atoms with van der Waals surface area (Å²) in [6, 6.07) is 42.0. The Hall–Kier alpha value is -3.88. The van der Waals surface area contributed by atoms with Crippen LogP contribution in [-0.2, 0) is 10.8 Å². The van der Waals surface area contributed by atoms with Gasteiger partial charge in [-0.25, -0.2) is 0 Å². The Balaban J connectivity index is 1.49. The van der Waals surface area contributed by atoms with E-state index in [0.717, 1.165) is 0 Å². The molecule has 0 radical (unpaired) electrons. The van der Waals surface area contributed by atoms with Crippen molar-refractivity contribution in [1.29, 1.82) is 0 Å². The lowest BCUT2D eigenvalue weighted by Crippen LogP contribution is -2.43. The van der Waals surface area contributed by atoms with Crippen LogP contribution in [0.5, 0.6) is 0 Å². The molecule has 0 N–H and O–H groups in total. The lowest BCUT2D eigenvalue weighted by Gasteiger charge is -2.49. The molecule has 1 aliphatic carbocycles. The first-order valence-corrected chi connectivity index (χ1v) is 14.2. The Morgan fingerprint density at radius 2 is 1.13 bits per heavy atom. The third kappa shape index (κ3) is 3.23. The highest BCUT2D eigenvalue weighted by molar-refractivity contribution is 7.26. The van der Waals surface area contributed by atoms with E-state index >= 15 is 0 Å². The fraction of sp³-hybridized carbons (Fsp3) is 0.167. The number of fused-ring (bicyclic) bond motifs is 7. The number of rotatable bonds is 3. The summed E-state index contributed by atoms with van der Waals surface area (Å²) in [6.07, 6.45) is 0. The van der Waals surface area contributed by atoms with Gasteiger partial charge in [0.2, 0.25) is 0 Å². The molecule has 0 bridgehead atoms. The van der Waals surface area contributed by atoms with Crippen molar-refractivity contribution in [2.24, 2.45) is 0 Å². The van der Waals surface area contributed by atoms with Crippen molar-refractivity contribution in [3.63, 3.8) is 0 Å². The molecule has 2 heteroatoms. The summed E-state index contributed by atoms with van der Waals surface area (Å²) in [5, 5.41) is 2.75. The molecule has 0 aliphatic heterocycles. The van der Waals surface area contributed by atoms with E-state index in [1.807, 2.05) is 11.3 Å². The van der Waals surface area contributed by atoms with Crippen LogP contribution in [0.2, 0.25) is 0 Å². The Morgan fingerprint density at radius 3 is 1.82 bits per heavy atom. The van der Waals surface area contributed by atoms with Gasteiger partial charge in [-0.05, 0) is 70.1 Å². The molecule has 0 amide bonds.